The van der Waals surface area contributed by atoms with Gasteiger partial charge in [0, 0.05) is 9.75 Å². The van der Waals surface area contributed by atoms with Gasteiger partial charge in [0.15, 0.2) is 0 Å². The standard InChI is InChI=1S/C17H25NS/c1-2-18-17(13-8-4-3-5-9-13)16-12-14-10-6-7-11-15(14)19-16/h8,12,17-18H,2-7,9-11H2,1H3. The summed E-state index contributed by atoms with van der Waals surface area (Å²) in [5, 5.41) is 3.72. The third-order valence-corrected chi connectivity index (χ3v) is 5.71. The Morgan fingerprint density at radius 1 is 1.16 bits per heavy atom. The minimum atomic E-state index is 0.501. The lowest BCUT2D eigenvalue weighted by Gasteiger charge is -2.23. The topological polar surface area (TPSA) is 12.0 Å². The number of thiophene rings is 1. The first-order valence-corrected chi connectivity index (χ1v) is 8.74. The molecule has 3 rings (SSSR count). The molecule has 19 heavy (non-hydrogen) atoms. The summed E-state index contributed by atoms with van der Waals surface area (Å²) in [6, 6.07) is 3.00. The van der Waals surface area contributed by atoms with E-state index in [9.17, 15) is 0 Å². The molecule has 1 heterocycles. The Labute approximate surface area is 121 Å². The van der Waals surface area contributed by atoms with Crippen LogP contribution in [-0.4, -0.2) is 6.54 Å². The van der Waals surface area contributed by atoms with Gasteiger partial charge in [-0.3, -0.25) is 0 Å². The minimum absolute atomic E-state index is 0.501. The molecule has 0 aliphatic heterocycles. The van der Waals surface area contributed by atoms with Crippen molar-refractivity contribution in [2.24, 2.45) is 0 Å². The van der Waals surface area contributed by atoms with Gasteiger partial charge >= 0.3 is 0 Å². The zero-order valence-electron chi connectivity index (χ0n) is 12.0. The molecule has 0 fully saturated rings. The molecule has 2 heteroatoms. The Morgan fingerprint density at radius 3 is 2.74 bits per heavy atom. The third kappa shape index (κ3) is 2.95. The minimum Gasteiger partial charge on any atom is -0.306 e. The quantitative estimate of drug-likeness (QED) is 0.780. The zero-order valence-corrected chi connectivity index (χ0v) is 12.8. The molecule has 0 bridgehead atoms. The molecule has 0 amide bonds. The number of fused-ring (bicyclic) bond motifs is 1. The van der Waals surface area contributed by atoms with Gasteiger partial charge in [-0.2, -0.15) is 0 Å². The second kappa shape index (κ2) is 6.23. The van der Waals surface area contributed by atoms with Gasteiger partial charge < -0.3 is 5.32 Å². The highest BCUT2D eigenvalue weighted by atomic mass is 32.1. The molecule has 1 aromatic heterocycles. The van der Waals surface area contributed by atoms with E-state index in [4.69, 9.17) is 0 Å². The predicted molar refractivity (Wildman–Crippen MR) is 83.9 cm³/mol. The van der Waals surface area contributed by atoms with Crippen LogP contribution in [0.2, 0.25) is 0 Å². The van der Waals surface area contributed by atoms with Crippen molar-refractivity contribution in [2.45, 2.75) is 64.3 Å². The Morgan fingerprint density at radius 2 is 2.00 bits per heavy atom. The van der Waals surface area contributed by atoms with Crippen LogP contribution in [0, 0.1) is 0 Å². The molecule has 0 spiro atoms. The van der Waals surface area contributed by atoms with Crippen LogP contribution in [0.3, 0.4) is 0 Å². The van der Waals surface area contributed by atoms with E-state index in [-0.39, 0.29) is 0 Å². The maximum absolute atomic E-state index is 3.72. The molecule has 1 nitrogen and oxygen atoms in total. The molecule has 2 aliphatic rings. The van der Waals surface area contributed by atoms with Gasteiger partial charge in [0.2, 0.25) is 0 Å². The van der Waals surface area contributed by atoms with Crippen LogP contribution in [0.4, 0.5) is 0 Å². The number of hydrogen-bond acceptors (Lipinski definition) is 2. The monoisotopic (exact) mass is 275 g/mol. The molecule has 1 aromatic rings. The van der Waals surface area contributed by atoms with Gasteiger partial charge in [0.1, 0.15) is 0 Å². The maximum Gasteiger partial charge on any atom is 0.0630 e. The summed E-state index contributed by atoms with van der Waals surface area (Å²) in [5.41, 5.74) is 3.29. The second-order valence-electron chi connectivity index (χ2n) is 5.82. The summed E-state index contributed by atoms with van der Waals surface area (Å²) < 4.78 is 0. The summed E-state index contributed by atoms with van der Waals surface area (Å²) >= 11 is 2.07. The number of rotatable bonds is 4. The number of nitrogens with one attached hydrogen (secondary N) is 1. The van der Waals surface area contributed by atoms with Crippen molar-refractivity contribution in [3.63, 3.8) is 0 Å². The summed E-state index contributed by atoms with van der Waals surface area (Å²) in [7, 11) is 0. The van der Waals surface area contributed by atoms with E-state index in [1.165, 1.54) is 51.4 Å². The second-order valence-corrected chi connectivity index (χ2v) is 6.99. The molecule has 104 valence electrons. The normalized spacial score (nSPS) is 20.8. The van der Waals surface area contributed by atoms with Crippen LogP contribution in [0.15, 0.2) is 17.7 Å². The van der Waals surface area contributed by atoms with Gasteiger partial charge in [0.05, 0.1) is 6.04 Å². The summed E-state index contributed by atoms with van der Waals surface area (Å²) in [6.45, 7) is 3.29. The first-order valence-electron chi connectivity index (χ1n) is 7.92. The lowest BCUT2D eigenvalue weighted by atomic mass is 9.92. The molecule has 0 aromatic carbocycles. The highest BCUT2D eigenvalue weighted by molar-refractivity contribution is 7.12. The predicted octanol–water partition coefficient (Wildman–Crippen LogP) is 4.78. The average molecular weight is 275 g/mol. The van der Waals surface area contributed by atoms with E-state index in [1.54, 1.807) is 20.9 Å². The highest BCUT2D eigenvalue weighted by Crippen LogP contribution is 2.37. The highest BCUT2D eigenvalue weighted by Gasteiger charge is 2.22. The Kier molecular flexibility index (Phi) is 4.39. The van der Waals surface area contributed by atoms with Crippen molar-refractivity contribution >= 4 is 11.3 Å². The lowest BCUT2D eigenvalue weighted by Crippen LogP contribution is -2.22. The van der Waals surface area contributed by atoms with E-state index in [1.807, 2.05) is 0 Å². The van der Waals surface area contributed by atoms with Crippen molar-refractivity contribution in [2.75, 3.05) is 6.54 Å². The molecule has 0 radical (unpaired) electrons. The van der Waals surface area contributed by atoms with Crippen LogP contribution >= 0.6 is 11.3 Å². The van der Waals surface area contributed by atoms with Crippen LogP contribution in [0.1, 0.15) is 66.8 Å². The number of allylic oxidation sites excluding steroid dienone is 1. The van der Waals surface area contributed by atoms with Crippen molar-refractivity contribution in [3.05, 3.63) is 33.0 Å². The van der Waals surface area contributed by atoms with E-state index in [0.29, 0.717) is 6.04 Å². The number of hydrogen-bond donors (Lipinski definition) is 1. The van der Waals surface area contributed by atoms with E-state index < -0.39 is 0 Å². The van der Waals surface area contributed by atoms with Crippen LogP contribution in [0.5, 0.6) is 0 Å². The maximum atomic E-state index is 3.72. The van der Waals surface area contributed by atoms with Crippen molar-refractivity contribution in [1.29, 1.82) is 0 Å². The lowest BCUT2D eigenvalue weighted by molar-refractivity contribution is 0.569. The summed E-state index contributed by atoms with van der Waals surface area (Å²) in [4.78, 5) is 3.24. The fourth-order valence-electron chi connectivity index (χ4n) is 3.40. The van der Waals surface area contributed by atoms with E-state index >= 15 is 0 Å². The SMILES string of the molecule is CCNC(C1=CCCCC1)c1cc2c(s1)CCCC2. The van der Waals surface area contributed by atoms with Crippen molar-refractivity contribution in [1.82, 2.24) is 5.32 Å². The Bertz CT molecular complexity index is 434. The van der Waals surface area contributed by atoms with Crippen molar-refractivity contribution < 1.29 is 0 Å². The Hall–Kier alpha value is -0.600. The molecule has 0 saturated carbocycles. The fraction of sp³-hybridized carbons (Fsp3) is 0.647. The first-order chi connectivity index (χ1) is 9.38. The zero-order chi connectivity index (χ0) is 13.1. The van der Waals surface area contributed by atoms with Gasteiger partial charge in [-0.05, 0) is 69.5 Å². The molecular weight excluding hydrogens is 250 g/mol. The van der Waals surface area contributed by atoms with Gasteiger partial charge in [-0.25, -0.2) is 0 Å². The molecule has 1 N–H and O–H groups in total. The van der Waals surface area contributed by atoms with Crippen LogP contribution in [0.25, 0.3) is 0 Å². The first kappa shape index (κ1) is 13.4. The summed E-state index contributed by atoms with van der Waals surface area (Å²) in [5.74, 6) is 0. The van der Waals surface area contributed by atoms with Crippen LogP contribution < -0.4 is 5.32 Å². The smallest absolute Gasteiger partial charge is 0.0630 e. The number of aryl methyl sites for hydroxylation is 2. The molecule has 1 unspecified atom stereocenters. The Balaban J connectivity index is 1.86. The van der Waals surface area contributed by atoms with Gasteiger partial charge in [-0.15, -0.1) is 11.3 Å². The molecular formula is C17H25NS. The largest absolute Gasteiger partial charge is 0.306 e. The summed E-state index contributed by atoms with van der Waals surface area (Å²) in [6.07, 6.45) is 13.2. The van der Waals surface area contributed by atoms with Crippen LogP contribution in [-0.2, 0) is 12.8 Å². The third-order valence-electron chi connectivity index (χ3n) is 4.41. The molecule has 0 saturated heterocycles. The number of likely N-dealkylation sites (N-methyl/N-ethyl adjacent to an activating group) is 1. The van der Waals surface area contributed by atoms with Gasteiger partial charge in [-0.1, -0.05) is 18.6 Å². The average Bonchev–Trinajstić information content (AvgIpc) is 2.89. The van der Waals surface area contributed by atoms with Crippen molar-refractivity contribution in [3.8, 4) is 0 Å². The van der Waals surface area contributed by atoms with E-state index in [0.717, 1.165) is 6.54 Å². The van der Waals surface area contributed by atoms with Gasteiger partial charge in [0.25, 0.3) is 0 Å². The molecule has 1 atom stereocenters. The fourth-order valence-corrected chi connectivity index (χ4v) is 4.78. The van der Waals surface area contributed by atoms with E-state index in [2.05, 4.69) is 35.7 Å². The molecule has 2 aliphatic carbocycles.